The Labute approximate surface area is 684 Å². The lowest BCUT2D eigenvalue weighted by atomic mass is 10.1. The van der Waals surface area contributed by atoms with Crippen LogP contribution in [-0.2, 0) is 44.9 Å². The summed E-state index contributed by atoms with van der Waals surface area (Å²) in [6.45, 7) is 0. The van der Waals surface area contributed by atoms with Crippen molar-refractivity contribution in [2.75, 3.05) is 47.8 Å². The minimum absolute atomic E-state index is 0.0311. The van der Waals surface area contributed by atoms with Crippen LogP contribution in [0.5, 0.6) is 0 Å². The van der Waals surface area contributed by atoms with Gasteiger partial charge >= 0.3 is 5.97 Å². The molecule has 12 atom stereocenters. The summed E-state index contributed by atoms with van der Waals surface area (Å²) in [4.78, 5) is 140. The lowest BCUT2D eigenvalue weighted by molar-refractivity contribution is -0.121. The molecular formula is C80H74N24O9S4. The number of nitrogens with one attached hydrogen (secondary N) is 3. The molecule has 6 N–H and O–H groups in total. The van der Waals surface area contributed by atoms with Crippen molar-refractivity contribution in [2.45, 2.75) is 99.2 Å². The molecule has 37 heteroatoms. The molecule has 33 nitrogen and oxygen atoms in total. The lowest BCUT2D eigenvalue weighted by Gasteiger charge is -2.22. The first-order valence-electron chi connectivity index (χ1n) is 37.5. The third-order valence-corrected chi connectivity index (χ3v) is 25.0. The number of carboxylic acids is 1. The highest BCUT2D eigenvalue weighted by Gasteiger charge is 2.57. The number of carbonyl (C=O) groups excluding carboxylic acids is 7. The molecule has 592 valence electrons. The molecule has 8 aliphatic rings. The number of fused-ring (bicyclic) bond motifs is 12. The number of aromatic nitrogens is 16. The van der Waals surface area contributed by atoms with Gasteiger partial charge in [0.15, 0.2) is 23.3 Å². The number of amides is 7. The van der Waals surface area contributed by atoms with Crippen LogP contribution in [0.3, 0.4) is 0 Å². The van der Waals surface area contributed by atoms with Crippen LogP contribution in [0.15, 0.2) is 171 Å². The standard InChI is InChI=1S/3C20H18N6O2S.C10H12N4O.C10H8N2O2S/c3*1-26-17-15(21-7-8-22-17)12-10-13(12)16(20(26)28)23-18(27)19-25-24-14(29-19)9-11-5-3-2-4-6-11;1-14-9-8(12-2-3-13-9)6-4-5(6)7(11)10(14)15;13-10(14)9-12-11-8(15-9)6-7-4-2-1-3-5-7/h3*2-8,12-13,16H,9-10H2,1H3,(H,23,27);2-3,5-7H,4,11H2,1H3;1-5H,6H2,(H,13,14)/t2*12-,13?,16+;12-,13+,16+;5?,6-,7+;/m1101./s1. The molecule has 0 bridgehead atoms. The van der Waals surface area contributed by atoms with Crippen LogP contribution in [0.25, 0.3) is 0 Å². The third-order valence-electron chi connectivity index (χ3n) is 21.3. The van der Waals surface area contributed by atoms with E-state index < -0.39 is 30.1 Å². The first-order valence-corrected chi connectivity index (χ1v) is 40.8. The van der Waals surface area contributed by atoms with E-state index in [1.807, 2.05) is 121 Å². The maximum absolute atomic E-state index is 13.0. The average Bonchev–Trinajstić information content (AvgIpc) is 1.61. The highest BCUT2D eigenvalue weighted by Crippen LogP contribution is 2.56. The number of likely N-dealkylation sites (N-methyl/N-ethyl adjacent to an activating group) is 4. The summed E-state index contributed by atoms with van der Waals surface area (Å²) in [5, 5.41) is 53.0. The Bertz CT molecular complexity index is 5300. The highest BCUT2D eigenvalue weighted by atomic mass is 32.1. The first kappa shape index (κ1) is 78.1. The van der Waals surface area contributed by atoms with Gasteiger partial charge in [0, 0.05) is 127 Å². The zero-order valence-corrected chi connectivity index (χ0v) is 66.4. The molecule has 7 amide bonds. The number of rotatable bonds is 15. The van der Waals surface area contributed by atoms with E-state index in [1.165, 1.54) is 53.6 Å². The van der Waals surface area contributed by atoms with Crippen molar-refractivity contribution in [3.05, 3.63) is 256 Å². The predicted molar refractivity (Wildman–Crippen MR) is 430 cm³/mol. The number of carboxylic acid groups (broad SMARTS) is 1. The second kappa shape index (κ2) is 33.9. The molecule has 3 unspecified atom stereocenters. The molecule has 4 aromatic carbocycles. The monoisotopic (exact) mass is 1640 g/mol. The van der Waals surface area contributed by atoms with Crippen molar-refractivity contribution in [3.63, 3.8) is 0 Å². The fourth-order valence-corrected chi connectivity index (χ4v) is 18.0. The Morgan fingerprint density at radius 3 is 0.863 bits per heavy atom. The van der Waals surface area contributed by atoms with Gasteiger partial charge in [0.25, 0.3) is 35.4 Å². The SMILES string of the molecule is CN1C(=O)[C@@H](N)C2C[C@H]2c2nccnc21.CN1C(=O)[C@@H](NC(=O)c2nnc(Cc3ccccc3)s2)C2C[C@H]2c2nccnc21.CN1C(=O)[C@@H](NC(=O)c2nnc(Cc3ccccc3)s2)C2C[C@H]2c2nccnc21.CN1C(=O)[C@H](NC(=O)c2nnc(Cc3ccccc3)s2)[C@@H]2C[C@@H]2c2nccnc21.O=C(O)c1nnc(Cc2ccccc2)s1. The Hall–Kier alpha value is -12.8. The summed E-state index contributed by atoms with van der Waals surface area (Å²) < 4.78 is 0. The van der Waals surface area contributed by atoms with Gasteiger partial charge in [0.1, 0.15) is 38.2 Å². The van der Waals surface area contributed by atoms with E-state index in [4.69, 9.17) is 10.8 Å². The number of nitrogens with two attached hydrogens (primary N) is 1. The molecule has 12 aromatic rings. The van der Waals surface area contributed by atoms with Gasteiger partial charge in [-0.25, -0.2) is 24.7 Å². The fourth-order valence-electron chi connectivity index (χ4n) is 14.9. The van der Waals surface area contributed by atoms with E-state index >= 15 is 0 Å². The summed E-state index contributed by atoms with van der Waals surface area (Å²) in [7, 11) is 6.72. The van der Waals surface area contributed by atoms with Crippen LogP contribution < -0.4 is 41.3 Å². The smallest absolute Gasteiger partial charge is 0.367 e. The maximum atomic E-state index is 13.0. The molecule has 0 spiro atoms. The average molecular weight is 1640 g/mol. The number of benzene rings is 4. The predicted octanol–water partition coefficient (Wildman–Crippen LogP) is 7.10. The van der Waals surface area contributed by atoms with Gasteiger partial charge in [0.2, 0.25) is 25.9 Å². The van der Waals surface area contributed by atoms with Gasteiger partial charge in [-0.15, -0.1) is 40.8 Å². The number of anilines is 4. The molecule has 117 heavy (non-hydrogen) atoms. The molecule has 0 saturated heterocycles. The highest BCUT2D eigenvalue weighted by molar-refractivity contribution is 7.14. The number of aromatic carboxylic acids is 1. The molecule has 12 heterocycles. The molecule has 4 saturated carbocycles. The van der Waals surface area contributed by atoms with E-state index in [0.717, 1.165) is 102 Å². The van der Waals surface area contributed by atoms with Gasteiger partial charge in [0.05, 0.1) is 28.8 Å². The molecular weight excluding hydrogens is 1570 g/mol. The summed E-state index contributed by atoms with van der Waals surface area (Å²) in [6.07, 6.45) is 18.8. The largest absolute Gasteiger partial charge is 0.476 e. The number of hydrogen-bond acceptors (Lipinski definition) is 29. The van der Waals surface area contributed by atoms with Gasteiger partial charge < -0.3 is 26.8 Å². The molecule has 20 rings (SSSR count). The van der Waals surface area contributed by atoms with Gasteiger partial charge in [-0.3, -0.25) is 73.1 Å². The van der Waals surface area contributed by atoms with Crippen LogP contribution in [0, 0.1) is 23.7 Å². The third kappa shape index (κ3) is 17.3. The van der Waals surface area contributed by atoms with E-state index in [9.17, 15) is 38.4 Å². The topological polar surface area (TPSA) is 438 Å². The Kier molecular flexibility index (Phi) is 22.6. The van der Waals surface area contributed by atoms with E-state index in [-0.39, 0.29) is 103 Å². The van der Waals surface area contributed by atoms with E-state index in [2.05, 4.69) is 96.6 Å². The first-order chi connectivity index (χ1) is 56.8. The van der Waals surface area contributed by atoms with Crippen LogP contribution in [0.2, 0.25) is 0 Å². The molecule has 4 fully saturated rings. The van der Waals surface area contributed by atoms with Crippen molar-refractivity contribution in [2.24, 2.45) is 29.4 Å². The zero-order valence-electron chi connectivity index (χ0n) is 63.1. The summed E-state index contributed by atoms with van der Waals surface area (Å²) in [6, 6.07) is 37.2. The summed E-state index contributed by atoms with van der Waals surface area (Å²) in [5.74, 6) is 0.764. The molecule has 8 aromatic heterocycles. The second-order valence-electron chi connectivity index (χ2n) is 29.0. The quantitative estimate of drug-likeness (QED) is 0.0682. The van der Waals surface area contributed by atoms with Crippen molar-refractivity contribution in [1.29, 1.82) is 0 Å². The van der Waals surface area contributed by atoms with Crippen LogP contribution in [0.1, 0.15) is 154 Å². The van der Waals surface area contributed by atoms with E-state index in [1.54, 1.807) is 77.8 Å². The second-order valence-corrected chi connectivity index (χ2v) is 33.3. The van der Waals surface area contributed by atoms with Crippen LogP contribution >= 0.6 is 45.3 Å². The van der Waals surface area contributed by atoms with E-state index in [0.29, 0.717) is 54.9 Å². The minimum Gasteiger partial charge on any atom is -0.476 e. The van der Waals surface area contributed by atoms with Crippen molar-refractivity contribution >= 4 is 116 Å². The van der Waals surface area contributed by atoms with Crippen molar-refractivity contribution < 1.29 is 43.5 Å². The number of carbonyl (C=O) groups is 8. The van der Waals surface area contributed by atoms with Crippen LogP contribution in [0.4, 0.5) is 23.3 Å². The number of hydrogen-bond donors (Lipinski definition) is 5. The van der Waals surface area contributed by atoms with Crippen molar-refractivity contribution in [3.8, 4) is 0 Å². The summed E-state index contributed by atoms with van der Waals surface area (Å²) >= 11 is 4.86. The van der Waals surface area contributed by atoms with Gasteiger partial charge in [-0.05, 0) is 71.6 Å². The van der Waals surface area contributed by atoms with Crippen LogP contribution in [-0.4, -0.2) is 185 Å². The normalized spacial score (nSPS) is 22.2. The Morgan fingerprint density at radius 2 is 0.590 bits per heavy atom. The molecule has 4 aliphatic heterocycles. The Morgan fingerprint density at radius 1 is 0.350 bits per heavy atom. The molecule has 4 aliphatic carbocycles. The zero-order chi connectivity index (χ0) is 81.1. The maximum Gasteiger partial charge on any atom is 0.367 e. The molecule has 0 radical (unpaired) electrons. The number of nitrogens with zero attached hydrogens (tertiary/aromatic N) is 20. The fraction of sp³-hybridized carbons (Fsp3) is 0.300. The van der Waals surface area contributed by atoms with Gasteiger partial charge in [-0.1, -0.05) is 167 Å². The minimum atomic E-state index is -1.02. The summed E-state index contributed by atoms with van der Waals surface area (Å²) in [5.41, 5.74) is 13.7. The van der Waals surface area contributed by atoms with Crippen molar-refractivity contribution in [1.82, 2.24) is 96.6 Å². The van der Waals surface area contributed by atoms with Gasteiger partial charge in [-0.2, -0.15) is 0 Å². The lowest BCUT2D eigenvalue weighted by Crippen LogP contribution is -2.48. The Balaban J connectivity index is 0.000000112.